The van der Waals surface area contributed by atoms with Crippen molar-refractivity contribution in [3.63, 3.8) is 0 Å². The molecule has 3 amide bonds. The Morgan fingerprint density at radius 1 is 1.38 bits per heavy atom. The van der Waals surface area contributed by atoms with Crippen LogP contribution >= 0.6 is 0 Å². The second-order valence-electron chi connectivity index (χ2n) is 3.20. The summed E-state index contributed by atoms with van der Waals surface area (Å²) in [4.78, 5) is 34.3. The van der Waals surface area contributed by atoms with Crippen LogP contribution < -0.4 is 10.6 Å². The second kappa shape index (κ2) is 6.65. The predicted molar refractivity (Wildman–Crippen MR) is 56.9 cm³/mol. The van der Waals surface area contributed by atoms with Crippen LogP contribution in [0.4, 0.5) is 4.79 Å². The molecular weight excluding hydrogens is 214 g/mol. The number of carboxylic acid groups (broad SMARTS) is 1. The van der Waals surface area contributed by atoms with Crippen LogP contribution in [-0.2, 0) is 9.59 Å². The molecular formula is C9H17N3O4. The Morgan fingerprint density at radius 2 is 1.94 bits per heavy atom. The van der Waals surface area contributed by atoms with Gasteiger partial charge in [-0.25, -0.2) is 4.79 Å². The number of likely N-dealkylation sites (N-methyl/N-ethyl adjacent to an activating group) is 2. The first-order chi connectivity index (χ1) is 7.42. The van der Waals surface area contributed by atoms with E-state index in [2.05, 4.69) is 10.6 Å². The molecule has 0 aromatic heterocycles. The van der Waals surface area contributed by atoms with Crippen molar-refractivity contribution in [3.05, 3.63) is 0 Å². The summed E-state index contributed by atoms with van der Waals surface area (Å²) < 4.78 is 0. The third-order valence-corrected chi connectivity index (χ3v) is 1.99. The fraction of sp³-hybridized carbons (Fsp3) is 0.667. The highest BCUT2D eigenvalue weighted by Crippen LogP contribution is 1.91. The zero-order chi connectivity index (χ0) is 12.7. The lowest BCUT2D eigenvalue weighted by Crippen LogP contribution is -2.49. The van der Waals surface area contributed by atoms with Gasteiger partial charge in [-0.05, 0) is 13.8 Å². The standard InChI is InChI=1S/C9H17N3O4/c1-4-12(5-7(13)10-3)9(16)11-6(2)8(14)15/h6H,4-5H2,1-3H3,(H,10,13)(H,11,16)(H,14,15). The summed E-state index contributed by atoms with van der Waals surface area (Å²) in [6.07, 6.45) is 0. The van der Waals surface area contributed by atoms with E-state index in [1.54, 1.807) is 6.92 Å². The van der Waals surface area contributed by atoms with E-state index in [4.69, 9.17) is 5.11 Å². The van der Waals surface area contributed by atoms with Crippen molar-refractivity contribution in [2.24, 2.45) is 0 Å². The molecule has 92 valence electrons. The highest BCUT2D eigenvalue weighted by atomic mass is 16.4. The Hall–Kier alpha value is -1.79. The van der Waals surface area contributed by atoms with E-state index in [0.29, 0.717) is 6.54 Å². The maximum atomic E-state index is 11.5. The van der Waals surface area contributed by atoms with Gasteiger partial charge in [0.25, 0.3) is 0 Å². The van der Waals surface area contributed by atoms with Crippen LogP contribution in [0, 0.1) is 0 Å². The molecule has 0 heterocycles. The molecule has 7 heteroatoms. The van der Waals surface area contributed by atoms with Gasteiger partial charge in [-0.2, -0.15) is 0 Å². The minimum Gasteiger partial charge on any atom is -0.480 e. The number of hydrogen-bond donors (Lipinski definition) is 3. The summed E-state index contributed by atoms with van der Waals surface area (Å²) in [5.74, 6) is -1.43. The van der Waals surface area contributed by atoms with Gasteiger partial charge in [0.2, 0.25) is 5.91 Å². The Bertz CT molecular complexity index is 280. The molecule has 0 fully saturated rings. The maximum Gasteiger partial charge on any atom is 0.325 e. The molecule has 7 nitrogen and oxygen atoms in total. The van der Waals surface area contributed by atoms with E-state index < -0.39 is 18.0 Å². The van der Waals surface area contributed by atoms with Gasteiger partial charge >= 0.3 is 12.0 Å². The lowest BCUT2D eigenvalue weighted by molar-refractivity contribution is -0.138. The summed E-state index contributed by atoms with van der Waals surface area (Å²) in [6, 6.07) is -1.55. The van der Waals surface area contributed by atoms with Crippen LogP contribution in [0.1, 0.15) is 13.8 Å². The molecule has 1 unspecified atom stereocenters. The number of aliphatic carboxylic acids is 1. The van der Waals surface area contributed by atoms with Crippen molar-refractivity contribution >= 4 is 17.9 Å². The zero-order valence-corrected chi connectivity index (χ0v) is 9.61. The van der Waals surface area contributed by atoms with E-state index in [1.807, 2.05) is 0 Å². The van der Waals surface area contributed by atoms with Crippen molar-refractivity contribution in [2.45, 2.75) is 19.9 Å². The fourth-order valence-electron chi connectivity index (χ4n) is 0.918. The fourth-order valence-corrected chi connectivity index (χ4v) is 0.918. The molecule has 0 bridgehead atoms. The Morgan fingerprint density at radius 3 is 2.31 bits per heavy atom. The second-order valence-corrected chi connectivity index (χ2v) is 3.20. The lowest BCUT2D eigenvalue weighted by Gasteiger charge is -2.21. The van der Waals surface area contributed by atoms with Gasteiger partial charge in [0.1, 0.15) is 12.6 Å². The smallest absolute Gasteiger partial charge is 0.325 e. The molecule has 0 aliphatic carbocycles. The zero-order valence-electron chi connectivity index (χ0n) is 9.61. The number of carbonyl (C=O) groups excluding carboxylic acids is 2. The summed E-state index contributed by atoms with van der Waals surface area (Å²) in [5.41, 5.74) is 0. The molecule has 0 aromatic carbocycles. The molecule has 3 N–H and O–H groups in total. The topological polar surface area (TPSA) is 98.7 Å². The van der Waals surface area contributed by atoms with Gasteiger partial charge in [0.15, 0.2) is 0 Å². The van der Waals surface area contributed by atoms with Crippen LogP contribution in [0.3, 0.4) is 0 Å². The Kier molecular flexibility index (Phi) is 5.91. The number of carbonyl (C=O) groups is 3. The summed E-state index contributed by atoms with van der Waals surface area (Å²) in [7, 11) is 1.47. The van der Waals surface area contributed by atoms with Gasteiger partial charge in [-0.15, -0.1) is 0 Å². The van der Waals surface area contributed by atoms with E-state index in [1.165, 1.54) is 18.9 Å². The first kappa shape index (κ1) is 14.2. The quantitative estimate of drug-likeness (QED) is 0.579. The van der Waals surface area contributed by atoms with Crippen LogP contribution in [0.5, 0.6) is 0 Å². The molecule has 0 rings (SSSR count). The average molecular weight is 231 g/mol. The highest BCUT2D eigenvalue weighted by molar-refractivity contribution is 5.86. The van der Waals surface area contributed by atoms with E-state index >= 15 is 0 Å². The van der Waals surface area contributed by atoms with E-state index in [9.17, 15) is 14.4 Å². The molecule has 0 aliphatic rings. The van der Waals surface area contributed by atoms with Crippen LogP contribution in [0.15, 0.2) is 0 Å². The van der Waals surface area contributed by atoms with Crippen LogP contribution in [-0.4, -0.2) is 54.1 Å². The van der Waals surface area contributed by atoms with Gasteiger partial charge in [0.05, 0.1) is 0 Å². The number of nitrogens with one attached hydrogen (secondary N) is 2. The molecule has 0 spiro atoms. The monoisotopic (exact) mass is 231 g/mol. The number of nitrogens with zero attached hydrogens (tertiary/aromatic N) is 1. The lowest BCUT2D eigenvalue weighted by atomic mass is 10.3. The summed E-state index contributed by atoms with van der Waals surface area (Å²) in [5, 5.41) is 13.3. The molecule has 0 aromatic rings. The predicted octanol–water partition coefficient (Wildman–Crippen LogP) is -0.763. The third-order valence-electron chi connectivity index (χ3n) is 1.99. The molecule has 0 aliphatic heterocycles. The minimum absolute atomic E-state index is 0.0921. The van der Waals surface area contributed by atoms with Gasteiger partial charge in [0, 0.05) is 13.6 Å². The van der Waals surface area contributed by atoms with Gasteiger partial charge in [-0.3, -0.25) is 9.59 Å². The average Bonchev–Trinajstić information content (AvgIpc) is 2.24. The third kappa shape index (κ3) is 4.63. The molecule has 0 saturated heterocycles. The number of urea groups is 1. The van der Waals surface area contributed by atoms with Crippen molar-refractivity contribution in [3.8, 4) is 0 Å². The normalized spacial score (nSPS) is 11.4. The summed E-state index contributed by atoms with van der Waals surface area (Å²) >= 11 is 0. The molecule has 1 atom stereocenters. The van der Waals surface area contributed by atoms with Crippen LogP contribution in [0.2, 0.25) is 0 Å². The number of hydrogen-bond acceptors (Lipinski definition) is 3. The first-order valence-corrected chi connectivity index (χ1v) is 4.91. The number of carboxylic acids is 1. The SMILES string of the molecule is CCN(CC(=O)NC)C(=O)NC(C)C(=O)O. The van der Waals surface area contributed by atoms with Gasteiger partial charge < -0.3 is 20.6 Å². The number of amides is 3. The molecule has 0 saturated carbocycles. The Labute approximate surface area is 93.8 Å². The van der Waals surface area contributed by atoms with Crippen molar-refractivity contribution < 1.29 is 19.5 Å². The molecule has 16 heavy (non-hydrogen) atoms. The Balaban J connectivity index is 4.31. The van der Waals surface area contributed by atoms with Crippen LogP contribution in [0.25, 0.3) is 0 Å². The van der Waals surface area contributed by atoms with Crippen molar-refractivity contribution in [2.75, 3.05) is 20.1 Å². The number of rotatable bonds is 5. The highest BCUT2D eigenvalue weighted by Gasteiger charge is 2.19. The van der Waals surface area contributed by atoms with E-state index in [0.717, 1.165) is 0 Å². The first-order valence-electron chi connectivity index (χ1n) is 4.91. The van der Waals surface area contributed by atoms with E-state index in [-0.39, 0.29) is 12.5 Å². The van der Waals surface area contributed by atoms with Gasteiger partial charge in [-0.1, -0.05) is 0 Å². The molecule has 0 radical (unpaired) electrons. The summed E-state index contributed by atoms with van der Waals surface area (Å²) in [6.45, 7) is 3.29. The minimum atomic E-state index is -1.12. The van der Waals surface area contributed by atoms with Crippen molar-refractivity contribution in [1.29, 1.82) is 0 Å². The largest absolute Gasteiger partial charge is 0.480 e. The van der Waals surface area contributed by atoms with Crippen molar-refractivity contribution in [1.82, 2.24) is 15.5 Å². The maximum absolute atomic E-state index is 11.5.